The molecule has 0 spiro atoms. The number of esters is 1. The summed E-state index contributed by atoms with van der Waals surface area (Å²) in [5.74, 6) is 0.770. The predicted octanol–water partition coefficient (Wildman–Crippen LogP) is 3.44. The number of benzene rings is 2. The number of ether oxygens (including phenoxy) is 4. The van der Waals surface area contributed by atoms with Gasteiger partial charge in [0, 0.05) is 12.5 Å². The Labute approximate surface area is 169 Å². The first-order valence-electron chi connectivity index (χ1n) is 9.29. The molecule has 2 aromatic rings. The molecule has 0 saturated carbocycles. The van der Waals surface area contributed by atoms with Crippen LogP contribution < -0.4 is 19.5 Å². The number of fused-ring (bicyclic) bond motifs is 1. The summed E-state index contributed by atoms with van der Waals surface area (Å²) < 4.78 is 21.6. The summed E-state index contributed by atoms with van der Waals surface area (Å²) in [6.07, 6.45) is 2.72. The maximum atomic E-state index is 12.3. The normalized spacial score (nSPS) is 14.0. The highest BCUT2D eigenvalue weighted by Gasteiger charge is 2.18. The van der Waals surface area contributed by atoms with Crippen molar-refractivity contribution in [1.29, 1.82) is 0 Å². The van der Waals surface area contributed by atoms with E-state index in [9.17, 15) is 9.59 Å². The van der Waals surface area contributed by atoms with Crippen molar-refractivity contribution in [2.75, 3.05) is 25.6 Å². The second-order valence-electron chi connectivity index (χ2n) is 6.36. The second kappa shape index (κ2) is 9.64. The third-order valence-corrected chi connectivity index (χ3v) is 4.21. The summed E-state index contributed by atoms with van der Waals surface area (Å²) in [7, 11) is 1.51. The molecule has 1 atom stereocenters. The third kappa shape index (κ3) is 5.51. The third-order valence-electron chi connectivity index (χ3n) is 4.21. The molecule has 0 aromatic heterocycles. The first kappa shape index (κ1) is 20.3. The van der Waals surface area contributed by atoms with Gasteiger partial charge in [-0.15, -0.1) is 0 Å². The summed E-state index contributed by atoms with van der Waals surface area (Å²) in [5.41, 5.74) is 1.27. The van der Waals surface area contributed by atoms with Gasteiger partial charge in [0.1, 0.15) is 5.75 Å². The SMILES string of the molecule is COc1ccccc1NC(=O)[C@@H](C)OC(=O)/C=C/c1ccc2c(c1)OCCCO2. The van der Waals surface area contributed by atoms with Crippen LogP contribution in [0.1, 0.15) is 18.9 Å². The molecule has 1 aliphatic heterocycles. The molecule has 0 unspecified atom stereocenters. The number of hydrogen-bond donors (Lipinski definition) is 1. The highest BCUT2D eigenvalue weighted by atomic mass is 16.5. The Morgan fingerprint density at radius 3 is 2.66 bits per heavy atom. The van der Waals surface area contributed by atoms with Gasteiger partial charge in [-0.25, -0.2) is 4.79 Å². The summed E-state index contributed by atoms with van der Waals surface area (Å²) in [6, 6.07) is 12.4. The van der Waals surface area contributed by atoms with Crippen molar-refractivity contribution in [1.82, 2.24) is 0 Å². The summed E-state index contributed by atoms with van der Waals surface area (Å²) >= 11 is 0. The van der Waals surface area contributed by atoms with E-state index in [1.807, 2.05) is 6.07 Å². The molecule has 0 fully saturated rings. The van der Waals surface area contributed by atoms with Crippen molar-refractivity contribution < 1.29 is 28.5 Å². The fourth-order valence-electron chi connectivity index (χ4n) is 2.70. The number of amides is 1. The van der Waals surface area contributed by atoms with Gasteiger partial charge in [0.25, 0.3) is 5.91 Å². The quantitative estimate of drug-likeness (QED) is 0.594. The average molecular weight is 397 g/mol. The number of methoxy groups -OCH3 is 1. The average Bonchev–Trinajstić information content (AvgIpc) is 2.97. The molecule has 1 heterocycles. The molecular formula is C22H23NO6. The second-order valence-corrected chi connectivity index (χ2v) is 6.36. The number of rotatable bonds is 6. The zero-order valence-electron chi connectivity index (χ0n) is 16.3. The van der Waals surface area contributed by atoms with Crippen LogP contribution in [-0.2, 0) is 14.3 Å². The van der Waals surface area contributed by atoms with Crippen LogP contribution in [-0.4, -0.2) is 38.3 Å². The fraction of sp³-hybridized carbons (Fsp3) is 0.273. The monoisotopic (exact) mass is 397 g/mol. The van der Waals surface area contributed by atoms with E-state index in [1.165, 1.54) is 20.1 Å². The first-order chi connectivity index (χ1) is 14.1. The summed E-state index contributed by atoms with van der Waals surface area (Å²) in [4.78, 5) is 24.4. The Balaban J connectivity index is 1.57. The van der Waals surface area contributed by atoms with Gasteiger partial charge >= 0.3 is 5.97 Å². The summed E-state index contributed by atoms with van der Waals surface area (Å²) in [5, 5.41) is 2.68. The smallest absolute Gasteiger partial charge is 0.331 e. The van der Waals surface area contributed by atoms with E-state index >= 15 is 0 Å². The van der Waals surface area contributed by atoms with E-state index in [0.29, 0.717) is 36.1 Å². The van der Waals surface area contributed by atoms with Crippen LogP contribution in [0.2, 0.25) is 0 Å². The molecule has 0 bridgehead atoms. The number of nitrogens with one attached hydrogen (secondary N) is 1. The molecule has 1 amide bonds. The van der Waals surface area contributed by atoms with Crippen molar-refractivity contribution >= 4 is 23.6 Å². The highest BCUT2D eigenvalue weighted by molar-refractivity contribution is 5.97. The van der Waals surface area contributed by atoms with Crippen LogP contribution in [0.15, 0.2) is 48.5 Å². The minimum Gasteiger partial charge on any atom is -0.495 e. The zero-order valence-corrected chi connectivity index (χ0v) is 16.3. The number of anilines is 1. The van der Waals surface area contributed by atoms with E-state index in [-0.39, 0.29) is 0 Å². The van der Waals surface area contributed by atoms with Crippen molar-refractivity contribution in [2.24, 2.45) is 0 Å². The Kier molecular flexibility index (Phi) is 6.73. The minimum atomic E-state index is -0.971. The zero-order chi connectivity index (χ0) is 20.6. The lowest BCUT2D eigenvalue weighted by Gasteiger charge is -2.14. The molecule has 0 aliphatic carbocycles. The largest absolute Gasteiger partial charge is 0.495 e. The molecule has 7 nitrogen and oxygen atoms in total. The topological polar surface area (TPSA) is 83.1 Å². The van der Waals surface area contributed by atoms with E-state index < -0.39 is 18.0 Å². The van der Waals surface area contributed by atoms with Crippen LogP contribution >= 0.6 is 0 Å². The standard InChI is InChI=1S/C22H23NO6/c1-15(22(25)23-17-6-3-4-7-18(17)26-2)29-21(24)11-9-16-8-10-19-20(14-16)28-13-5-12-27-19/h3-4,6-11,14-15H,5,12-13H2,1-2H3,(H,23,25)/b11-9+/t15-/m1/s1. The van der Waals surface area contributed by atoms with Crippen LogP contribution in [0.4, 0.5) is 5.69 Å². The number of carbonyl (C=O) groups excluding carboxylic acids is 2. The van der Waals surface area contributed by atoms with Crippen molar-refractivity contribution in [3.63, 3.8) is 0 Å². The Hall–Kier alpha value is -3.48. The van der Waals surface area contributed by atoms with Gasteiger partial charge in [0.05, 0.1) is 26.0 Å². The maximum absolute atomic E-state index is 12.3. The molecule has 29 heavy (non-hydrogen) atoms. The van der Waals surface area contributed by atoms with E-state index in [0.717, 1.165) is 12.0 Å². The lowest BCUT2D eigenvalue weighted by molar-refractivity contribution is -0.148. The summed E-state index contributed by atoms with van der Waals surface area (Å²) in [6.45, 7) is 2.70. The molecule has 152 valence electrons. The molecule has 0 saturated heterocycles. The Morgan fingerprint density at radius 2 is 1.86 bits per heavy atom. The van der Waals surface area contributed by atoms with Crippen LogP contribution in [0.3, 0.4) is 0 Å². The van der Waals surface area contributed by atoms with Crippen molar-refractivity contribution in [2.45, 2.75) is 19.4 Å². The number of carbonyl (C=O) groups is 2. The lowest BCUT2D eigenvalue weighted by Crippen LogP contribution is -2.29. The van der Waals surface area contributed by atoms with Crippen LogP contribution in [0, 0.1) is 0 Å². The van der Waals surface area contributed by atoms with Gasteiger partial charge in [0.15, 0.2) is 17.6 Å². The van der Waals surface area contributed by atoms with Gasteiger partial charge in [-0.2, -0.15) is 0 Å². The highest BCUT2D eigenvalue weighted by Crippen LogP contribution is 2.30. The van der Waals surface area contributed by atoms with E-state index in [4.69, 9.17) is 18.9 Å². The Morgan fingerprint density at radius 1 is 1.10 bits per heavy atom. The fourth-order valence-corrected chi connectivity index (χ4v) is 2.70. The van der Waals surface area contributed by atoms with E-state index in [1.54, 1.807) is 42.5 Å². The molecule has 1 N–H and O–H groups in total. The minimum absolute atomic E-state index is 0.452. The number of para-hydroxylation sites is 2. The molecule has 3 rings (SSSR count). The lowest BCUT2D eigenvalue weighted by atomic mass is 10.2. The molecule has 0 radical (unpaired) electrons. The van der Waals surface area contributed by atoms with Gasteiger partial charge < -0.3 is 24.3 Å². The van der Waals surface area contributed by atoms with Gasteiger partial charge in [-0.05, 0) is 42.8 Å². The van der Waals surface area contributed by atoms with Crippen molar-refractivity contribution in [3.8, 4) is 17.2 Å². The van der Waals surface area contributed by atoms with Crippen molar-refractivity contribution in [3.05, 3.63) is 54.1 Å². The molecular weight excluding hydrogens is 374 g/mol. The predicted molar refractivity (Wildman–Crippen MR) is 108 cm³/mol. The van der Waals surface area contributed by atoms with Gasteiger partial charge in [-0.1, -0.05) is 18.2 Å². The Bertz CT molecular complexity index is 908. The van der Waals surface area contributed by atoms with Gasteiger partial charge in [-0.3, -0.25) is 4.79 Å². The number of hydrogen-bond acceptors (Lipinski definition) is 6. The van der Waals surface area contributed by atoms with Crippen LogP contribution in [0.25, 0.3) is 6.08 Å². The molecule has 1 aliphatic rings. The van der Waals surface area contributed by atoms with E-state index in [2.05, 4.69) is 5.32 Å². The first-order valence-corrected chi connectivity index (χ1v) is 9.29. The maximum Gasteiger partial charge on any atom is 0.331 e. The molecule has 2 aromatic carbocycles. The molecule has 7 heteroatoms. The van der Waals surface area contributed by atoms with Gasteiger partial charge in [0.2, 0.25) is 0 Å². The van der Waals surface area contributed by atoms with Crippen LogP contribution in [0.5, 0.6) is 17.2 Å².